The molecule has 0 aromatic carbocycles. The Morgan fingerprint density at radius 2 is 0.797 bits per heavy atom. The molecule has 2 N–H and O–H groups in total. The van der Waals surface area contributed by atoms with E-state index in [1.54, 1.807) is 0 Å². The molecule has 0 aliphatic heterocycles. The molecule has 69 heavy (non-hydrogen) atoms. The van der Waals surface area contributed by atoms with E-state index < -0.39 is 22.8 Å². The Morgan fingerprint density at radius 1 is 0.478 bits per heavy atom. The smallest absolute Gasteiger partial charge is 0.550 e. The minimum atomic E-state index is -0.940. The first-order chi connectivity index (χ1) is 31.1. The van der Waals surface area contributed by atoms with E-state index in [9.17, 15) is 39.6 Å². The number of hydrogen-bond donors (Lipinski definition) is 2. The fraction of sp³-hybridized carbons (Fsp3) is 0.867. The number of hydrogen-bond acceptors (Lipinski definition) is 8. The number of aliphatic hydroxyl groups is 2. The molecule has 0 aromatic heterocycles. The second-order valence-corrected chi connectivity index (χ2v) is 29.8. The molecule has 8 nitrogen and oxygen atoms in total. The molecular formula is C60H90MgO8. The molecule has 0 spiro atoms. The normalized spacial score (nSPS) is 53.3. The van der Waals surface area contributed by atoms with Crippen LogP contribution in [0.4, 0.5) is 0 Å². The topological polar surface area (TPSA) is 155 Å². The van der Waals surface area contributed by atoms with Crippen LogP contribution < -0.4 is 10.2 Å². The van der Waals surface area contributed by atoms with Crippen molar-refractivity contribution < 1.29 is 39.6 Å². The van der Waals surface area contributed by atoms with Crippen molar-refractivity contribution in [2.24, 2.45) is 100 Å². The number of ketones is 2. The SMILES string of the molecule is CC1(C)[C@@H](O)CC[C@]2(C)[C@H]3C(=O)C=C4[C@H]5C[C@@](C)(C(=O)[O-])CC[C@]5(C)CC[C@@]4(C)[C@]3(C)CC[C@@H]12.CC1(C)[C@@H](O)CC[C@]2(C)[C@H]3C(=O)C=C4[C@H]5C[C@@](C)(C(=O)[O-])CC[C@]5(C)CC[C@@]4(C)[C@]3(C)CC[C@@H]12.[Mg+2]. The number of carboxylic acid groups (broad SMARTS) is 2. The molecule has 0 amide bonds. The predicted molar refractivity (Wildman–Crippen MR) is 267 cm³/mol. The minimum Gasteiger partial charge on any atom is -0.550 e. The number of fused-ring (bicyclic) bond motifs is 14. The molecule has 10 aliphatic rings. The first-order valence-electron chi connectivity index (χ1n) is 27.4. The van der Waals surface area contributed by atoms with Gasteiger partial charge in [0.1, 0.15) is 0 Å². The summed E-state index contributed by atoms with van der Waals surface area (Å²) in [6.07, 6.45) is 19.4. The average Bonchev–Trinajstić information content (AvgIpc) is 3.24. The first kappa shape index (κ1) is 53.7. The van der Waals surface area contributed by atoms with Gasteiger partial charge in [-0.05, 0) is 206 Å². The van der Waals surface area contributed by atoms with Crippen molar-refractivity contribution in [3.05, 3.63) is 23.3 Å². The Kier molecular flexibility index (Phi) is 12.6. The van der Waals surface area contributed by atoms with Crippen molar-refractivity contribution in [2.45, 2.75) is 225 Å². The summed E-state index contributed by atoms with van der Waals surface area (Å²) >= 11 is 0. The maximum Gasteiger partial charge on any atom is 2.00 e. The molecule has 10 rings (SSSR count). The molecule has 8 fully saturated rings. The summed E-state index contributed by atoms with van der Waals surface area (Å²) in [6, 6.07) is 0. The van der Waals surface area contributed by atoms with Crippen LogP contribution in [0.1, 0.15) is 213 Å². The molecule has 380 valence electrons. The van der Waals surface area contributed by atoms with Crippen LogP contribution in [0.5, 0.6) is 0 Å². The van der Waals surface area contributed by atoms with Crippen molar-refractivity contribution in [1.29, 1.82) is 0 Å². The molecule has 8 saturated carbocycles. The van der Waals surface area contributed by atoms with Gasteiger partial charge in [0.2, 0.25) is 0 Å². The quantitative estimate of drug-likeness (QED) is 0.260. The van der Waals surface area contributed by atoms with Gasteiger partial charge in [-0.2, -0.15) is 0 Å². The van der Waals surface area contributed by atoms with Crippen LogP contribution in [-0.4, -0.2) is 69.0 Å². The van der Waals surface area contributed by atoms with Crippen LogP contribution in [0.3, 0.4) is 0 Å². The zero-order valence-electron chi connectivity index (χ0n) is 45.6. The van der Waals surface area contributed by atoms with Crippen LogP contribution in [0.25, 0.3) is 0 Å². The Morgan fingerprint density at radius 3 is 1.12 bits per heavy atom. The van der Waals surface area contributed by atoms with Gasteiger partial charge in [0.05, 0.1) is 12.2 Å². The van der Waals surface area contributed by atoms with Gasteiger partial charge in [-0.1, -0.05) is 108 Å². The zero-order valence-corrected chi connectivity index (χ0v) is 47.0. The molecule has 0 unspecified atom stereocenters. The number of aliphatic hydroxyl groups excluding tert-OH is 2. The average molecular weight is 964 g/mol. The number of carbonyl (C=O) groups is 4. The van der Waals surface area contributed by atoms with Gasteiger partial charge in [0.25, 0.3) is 0 Å². The third-order valence-electron chi connectivity index (χ3n) is 26.1. The summed E-state index contributed by atoms with van der Waals surface area (Å²) in [4.78, 5) is 52.6. The molecule has 10 aliphatic carbocycles. The second kappa shape index (κ2) is 16.2. The van der Waals surface area contributed by atoms with Gasteiger partial charge in [0, 0.05) is 34.6 Å². The molecule has 0 saturated heterocycles. The van der Waals surface area contributed by atoms with Crippen molar-refractivity contribution in [3.8, 4) is 0 Å². The van der Waals surface area contributed by atoms with Gasteiger partial charge in [-0.15, -0.1) is 0 Å². The Bertz CT molecular complexity index is 2090. The number of rotatable bonds is 2. The van der Waals surface area contributed by atoms with Crippen LogP contribution in [0, 0.1) is 100 Å². The second-order valence-electron chi connectivity index (χ2n) is 29.8. The zero-order chi connectivity index (χ0) is 50.2. The van der Waals surface area contributed by atoms with Crippen molar-refractivity contribution in [1.82, 2.24) is 0 Å². The van der Waals surface area contributed by atoms with E-state index in [2.05, 4.69) is 83.1 Å². The van der Waals surface area contributed by atoms with Crippen LogP contribution in [0.2, 0.25) is 0 Å². The summed E-state index contributed by atoms with van der Waals surface area (Å²) in [6.45, 7) is 31.4. The summed E-state index contributed by atoms with van der Waals surface area (Å²) in [5.41, 5.74) is -0.156. The molecule has 18 atom stereocenters. The maximum absolute atomic E-state index is 14.2. The molecular weight excluding hydrogens is 873 g/mol. The number of carboxylic acids is 2. The van der Waals surface area contributed by atoms with Gasteiger partial charge in [-0.3, -0.25) is 9.59 Å². The van der Waals surface area contributed by atoms with E-state index in [0.29, 0.717) is 37.5 Å². The van der Waals surface area contributed by atoms with E-state index in [4.69, 9.17) is 0 Å². The van der Waals surface area contributed by atoms with Crippen LogP contribution in [-0.2, 0) is 19.2 Å². The van der Waals surface area contributed by atoms with Crippen LogP contribution in [0.15, 0.2) is 23.3 Å². The monoisotopic (exact) mass is 963 g/mol. The van der Waals surface area contributed by atoms with E-state index in [0.717, 1.165) is 89.9 Å². The summed E-state index contributed by atoms with van der Waals surface area (Å²) in [5.74, 6) is -0.532. The predicted octanol–water partition coefficient (Wildman–Crippen LogP) is 9.78. The van der Waals surface area contributed by atoms with Crippen molar-refractivity contribution in [3.63, 3.8) is 0 Å². The molecule has 0 bridgehead atoms. The van der Waals surface area contributed by atoms with E-state index >= 15 is 0 Å². The fourth-order valence-corrected chi connectivity index (χ4v) is 20.7. The number of aliphatic carboxylic acids is 2. The number of allylic oxidation sites excluding steroid dienone is 4. The van der Waals surface area contributed by atoms with Crippen molar-refractivity contribution >= 4 is 46.6 Å². The van der Waals surface area contributed by atoms with Crippen molar-refractivity contribution in [2.75, 3.05) is 0 Å². The summed E-state index contributed by atoms with van der Waals surface area (Å²) < 4.78 is 0. The molecule has 0 heterocycles. The van der Waals surface area contributed by atoms with E-state index in [-0.39, 0.29) is 125 Å². The molecule has 9 heteroatoms. The Balaban J connectivity index is 0.000000183. The molecule has 0 radical (unpaired) electrons. The van der Waals surface area contributed by atoms with Gasteiger partial charge in [0.15, 0.2) is 11.6 Å². The molecule has 0 aromatic rings. The maximum atomic E-state index is 14.2. The third-order valence-corrected chi connectivity index (χ3v) is 26.1. The van der Waals surface area contributed by atoms with E-state index in [1.807, 2.05) is 26.0 Å². The fourth-order valence-electron chi connectivity index (χ4n) is 20.7. The largest absolute Gasteiger partial charge is 2.00 e. The Hall–Kier alpha value is -1.55. The number of carbonyl (C=O) groups excluding carboxylic acids is 4. The summed E-state index contributed by atoms with van der Waals surface area (Å²) in [5, 5.41) is 46.0. The van der Waals surface area contributed by atoms with Crippen LogP contribution >= 0.6 is 0 Å². The standard InChI is InChI=1S/2C30H46O4.Mg/c2*1-25(2)21-8-11-30(7)23(28(21,5)10-9-22(25)32)20(31)16-18-19-17-27(4,24(33)34)13-12-26(19,3)14-15-29(18,30)6;/h2*16,19,21-23,32H,8-15,17H2,1-7H3,(H,33,34);/q;;+2/p-2/t2*19-,21+,22+,23-,26-,27+,28+,29-,30-;/m11./s1. The van der Waals surface area contributed by atoms with Gasteiger partial charge in [-0.25, -0.2) is 0 Å². The van der Waals surface area contributed by atoms with E-state index in [1.165, 1.54) is 11.1 Å². The minimum absolute atomic E-state index is 0. The van der Waals surface area contributed by atoms with Gasteiger partial charge < -0.3 is 30.0 Å². The van der Waals surface area contributed by atoms with Gasteiger partial charge >= 0.3 is 23.1 Å². The summed E-state index contributed by atoms with van der Waals surface area (Å²) in [7, 11) is 0. The Labute approximate surface area is 432 Å². The third kappa shape index (κ3) is 7.01. The first-order valence-corrected chi connectivity index (χ1v) is 27.4.